The van der Waals surface area contributed by atoms with Gasteiger partial charge in [0.15, 0.2) is 0 Å². The Balaban J connectivity index is 1.63. The van der Waals surface area contributed by atoms with Crippen molar-refractivity contribution in [1.82, 2.24) is 4.90 Å². The number of hydrogen-bond donors (Lipinski definition) is 1. The van der Waals surface area contributed by atoms with Gasteiger partial charge in [-0.1, -0.05) is 6.42 Å². The maximum atomic E-state index is 11.9. The van der Waals surface area contributed by atoms with Crippen LogP contribution in [0.5, 0.6) is 0 Å². The van der Waals surface area contributed by atoms with E-state index in [9.17, 15) is 4.79 Å². The minimum Gasteiger partial charge on any atom is -0.371 e. The molecule has 1 aliphatic carbocycles. The number of nitrogens with two attached hydrogens (primary N) is 1. The minimum absolute atomic E-state index is 0.164. The van der Waals surface area contributed by atoms with Gasteiger partial charge in [0.05, 0.1) is 6.61 Å². The Morgan fingerprint density at radius 2 is 1.83 bits per heavy atom. The quantitative estimate of drug-likeness (QED) is 0.806. The highest BCUT2D eigenvalue weighted by Gasteiger charge is 2.26. The van der Waals surface area contributed by atoms with Crippen molar-refractivity contribution in [2.45, 2.75) is 38.5 Å². The highest BCUT2D eigenvalue weighted by atomic mass is 16.5. The van der Waals surface area contributed by atoms with Crippen LogP contribution in [0.15, 0.2) is 0 Å². The first-order chi connectivity index (χ1) is 8.81. The summed E-state index contributed by atoms with van der Waals surface area (Å²) in [6.45, 7) is 3.55. The van der Waals surface area contributed by atoms with E-state index in [4.69, 9.17) is 10.5 Å². The second-order valence-electron chi connectivity index (χ2n) is 5.64. The van der Waals surface area contributed by atoms with Crippen LogP contribution in [-0.2, 0) is 9.53 Å². The highest BCUT2D eigenvalue weighted by Crippen LogP contribution is 2.30. The molecule has 2 fully saturated rings. The van der Waals surface area contributed by atoms with Crippen molar-refractivity contribution in [1.29, 1.82) is 0 Å². The van der Waals surface area contributed by atoms with Crippen molar-refractivity contribution in [2.75, 3.05) is 32.8 Å². The SMILES string of the molecule is NCC1CCCC1COCC(=O)N1CCCCC1. The number of ether oxygens (including phenoxy) is 1. The number of piperidine rings is 1. The second kappa shape index (κ2) is 7.10. The zero-order valence-electron chi connectivity index (χ0n) is 11.3. The average Bonchev–Trinajstić information content (AvgIpc) is 2.87. The molecular formula is C14H26N2O2. The van der Waals surface area contributed by atoms with Crippen molar-refractivity contribution in [2.24, 2.45) is 17.6 Å². The monoisotopic (exact) mass is 254 g/mol. The molecule has 4 nitrogen and oxygen atoms in total. The molecule has 0 aromatic rings. The third-order valence-corrected chi connectivity index (χ3v) is 4.39. The molecule has 2 aliphatic rings. The first-order valence-corrected chi connectivity index (χ1v) is 7.37. The number of nitrogens with zero attached hydrogens (tertiary/aromatic N) is 1. The first kappa shape index (κ1) is 13.8. The Labute approximate surface area is 110 Å². The summed E-state index contributed by atoms with van der Waals surface area (Å²) in [7, 11) is 0. The van der Waals surface area contributed by atoms with Crippen molar-refractivity contribution in [3.05, 3.63) is 0 Å². The van der Waals surface area contributed by atoms with E-state index in [0.717, 1.165) is 32.5 Å². The van der Waals surface area contributed by atoms with Crippen LogP contribution in [0, 0.1) is 11.8 Å². The van der Waals surface area contributed by atoms with Crippen LogP contribution in [0.4, 0.5) is 0 Å². The molecule has 0 aromatic carbocycles. The molecule has 4 heteroatoms. The van der Waals surface area contributed by atoms with E-state index in [-0.39, 0.29) is 12.5 Å². The fourth-order valence-electron chi connectivity index (χ4n) is 3.18. The maximum absolute atomic E-state index is 11.9. The third-order valence-electron chi connectivity index (χ3n) is 4.39. The van der Waals surface area contributed by atoms with E-state index in [0.29, 0.717) is 18.4 Å². The van der Waals surface area contributed by atoms with E-state index in [1.807, 2.05) is 4.90 Å². The van der Waals surface area contributed by atoms with E-state index in [1.54, 1.807) is 0 Å². The van der Waals surface area contributed by atoms with Crippen molar-refractivity contribution >= 4 is 5.91 Å². The standard InChI is InChI=1S/C14H26N2O2/c15-9-12-5-4-6-13(12)10-18-11-14(17)16-7-2-1-3-8-16/h12-13H,1-11,15H2. The molecule has 0 aromatic heterocycles. The van der Waals surface area contributed by atoms with E-state index < -0.39 is 0 Å². The zero-order chi connectivity index (χ0) is 12.8. The number of carbonyl (C=O) groups excluding carboxylic acids is 1. The summed E-state index contributed by atoms with van der Waals surface area (Å²) in [6, 6.07) is 0. The molecule has 1 aliphatic heterocycles. The molecule has 2 unspecified atom stereocenters. The number of hydrogen-bond acceptors (Lipinski definition) is 3. The van der Waals surface area contributed by atoms with Gasteiger partial charge in [-0.15, -0.1) is 0 Å². The Morgan fingerprint density at radius 1 is 1.11 bits per heavy atom. The topological polar surface area (TPSA) is 55.6 Å². The molecule has 2 N–H and O–H groups in total. The third kappa shape index (κ3) is 3.69. The molecule has 2 atom stereocenters. The largest absolute Gasteiger partial charge is 0.371 e. The van der Waals surface area contributed by atoms with Gasteiger partial charge in [0, 0.05) is 13.1 Å². The van der Waals surface area contributed by atoms with Crippen LogP contribution < -0.4 is 5.73 Å². The summed E-state index contributed by atoms with van der Waals surface area (Å²) < 4.78 is 5.62. The molecule has 2 rings (SSSR count). The fraction of sp³-hybridized carbons (Fsp3) is 0.929. The van der Waals surface area contributed by atoms with Crippen molar-refractivity contribution in [3.8, 4) is 0 Å². The lowest BCUT2D eigenvalue weighted by atomic mass is 9.97. The number of rotatable bonds is 5. The first-order valence-electron chi connectivity index (χ1n) is 7.37. The molecule has 1 amide bonds. The second-order valence-corrected chi connectivity index (χ2v) is 5.64. The molecule has 1 saturated heterocycles. The van der Waals surface area contributed by atoms with Gasteiger partial charge in [0.25, 0.3) is 0 Å². The van der Waals surface area contributed by atoms with E-state index in [1.165, 1.54) is 25.7 Å². The van der Waals surface area contributed by atoms with Gasteiger partial charge in [-0.2, -0.15) is 0 Å². The Hall–Kier alpha value is -0.610. The predicted molar refractivity (Wildman–Crippen MR) is 71.1 cm³/mol. The van der Waals surface area contributed by atoms with Gasteiger partial charge in [-0.3, -0.25) is 4.79 Å². The summed E-state index contributed by atoms with van der Waals surface area (Å²) >= 11 is 0. The summed E-state index contributed by atoms with van der Waals surface area (Å²) in [5, 5.41) is 0. The zero-order valence-corrected chi connectivity index (χ0v) is 11.3. The smallest absolute Gasteiger partial charge is 0.248 e. The lowest BCUT2D eigenvalue weighted by molar-refractivity contribution is -0.137. The molecule has 0 radical (unpaired) electrons. The molecule has 18 heavy (non-hydrogen) atoms. The fourth-order valence-corrected chi connectivity index (χ4v) is 3.18. The lowest BCUT2D eigenvalue weighted by Gasteiger charge is -2.27. The summed E-state index contributed by atoms with van der Waals surface area (Å²) in [5.74, 6) is 1.34. The Bertz CT molecular complexity index is 265. The lowest BCUT2D eigenvalue weighted by Crippen LogP contribution is -2.38. The van der Waals surface area contributed by atoms with Crippen LogP contribution in [0.2, 0.25) is 0 Å². The number of carbonyl (C=O) groups is 1. The van der Waals surface area contributed by atoms with E-state index >= 15 is 0 Å². The van der Waals surface area contributed by atoms with Gasteiger partial charge in [-0.25, -0.2) is 0 Å². The van der Waals surface area contributed by atoms with Crippen LogP contribution in [-0.4, -0.2) is 43.7 Å². The maximum Gasteiger partial charge on any atom is 0.248 e. The molecule has 0 bridgehead atoms. The summed E-state index contributed by atoms with van der Waals surface area (Å²) in [5.41, 5.74) is 5.74. The van der Waals surface area contributed by atoms with Gasteiger partial charge in [-0.05, 0) is 50.5 Å². The summed E-state index contributed by atoms with van der Waals surface area (Å²) in [4.78, 5) is 13.8. The molecule has 104 valence electrons. The van der Waals surface area contributed by atoms with Crippen LogP contribution in [0.25, 0.3) is 0 Å². The number of amides is 1. The van der Waals surface area contributed by atoms with Crippen LogP contribution in [0.3, 0.4) is 0 Å². The molecule has 1 saturated carbocycles. The Morgan fingerprint density at radius 3 is 2.56 bits per heavy atom. The normalized spacial score (nSPS) is 28.6. The van der Waals surface area contributed by atoms with Gasteiger partial charge in [0.1, 0.15) is 6.61 Å². The van der Waals surface area contributed by atoms with Crippen molar-refractivity contribution in [3.63, 3.8) is 0 Å². The number of likely N-dealkylation sites (tertiary alicyclic amines) is 1. The van der Waals surface area contributed by atoms with Gasteiger partial charge < -0.3 is 15.4 Å². The predicted octanol–water partition coefficient (Wildman–Crippen LogP) is 1.39. The van der Waals surface area contributed by atoms with E-state index in [2.05, 4.69) is 0 Å². The van der Waals surface area contributed by atoms with Gasteiger partial charge in [0.2, 0.25) is 5.91 Å². The molecule has 0 spiro atoms. The summed E-state index contributed by atoms with van der Waals surface area (Å²) in [6.07, 6.45) is 7.23. The molecular weight excluding hydrogens is 228 g/mol. The van der Waals surface area contributed by atoms with Crippen LogP contribution >= 0.6 is 0 Å². The molecule has 1 heterocycles. The Kier molecular flexibility index (Phi) is 5.45. The highest BCUT2D eigenvalue weighted by molar-refractivity contribution is 5.77. The minimum atomic E-state index is 0.164. The van der Waals surface area contributed by atoms with Crippen LogP contribution in [0.1, 0.15) is 38.5 Å². The average molecular weight is 254 g/mol. The van der Waals surface area contributed by atoms with Gasteiger partial charge >= 0.3 is 0 Å². The van der Waals surface area contributed by atoms with Crippen molar-refractivity contribution < 1.29 is 9.53 Å².